The van der Waals surface area contributed by atoms with Crippen LogP contribution in [0.15, 0.2) is 61.1 Å². The molecule has 0 amide bonds. The van der Waals surface area contributed by atoms with Crippen molar-refractivity contribution >= 4 is 16.9 Å². The van der Waals surface area contributed by atoms with Crippen LogP contribution < -0.4 is 15.2 Å². The predicted octanol–water partition coefficient (Wildman–Crippen LogP) is 3.65. The van der Waals surface area contributed by atoms with Gasteiger partial charge in [0.1, 0.15) is 30.3 Å². The van der Waals surface area contributed by atoms with Crippen molar-refractivity contribution in [3.05, 3.63) is 61.1 Å². The fourth-order valence-electron chi connectivity index (χ4n) is 4.06. The molecule has 9 nitrogen and oxygen atoms in total. The van der Waals surface area contributed by atoms with Crippen molar-refractivity contribution in [2.75, 3.05) is 66.5 Å². The molecule has 4 rings (SSSR count). The molecule has 0 aliphatic heterocycles. The van der Waals surface area contributed by atoms with Gasteiger partial charge in [-0.2, -0.15) is 0 Å². The van der Waals surface area contributed by atoms with E-state index < -0.39 is 0 Å². The van der Waals surface area contributed by atoms with Crippen molar-refractivity contribution in [2.24, 2.45) is 0 Å². The van der Waals surface area contributed by atoms with Crippen LogP contribution in [0.25, 0.3) is 27.8 Å². The van der Waals surface area contributed by atoms with Gasteiger partial charge < -0.3 is 29.2 Å². The molecule has 0 aliphatic carbocycles. The average molecular weight is 492 g/mol. The Balaban J connectivity index is 1.53. The number of aromatic nitrogens is 3. The summed E-state index contributed by atoms with van der Waals surface area (Å²) >= 11 is 0. The van der Waals surface area contributed by atoms with E-state index in [0.717, 1.165) is 59.0 Å². The Morgan fingerprint density at radius 3 is 2.28 bits per heavy atom. The van der Waals surface area contributed by atoms with Gasteiger partial charge in [-0.15, -0.1) is 0 Å². The second-order valence-corrected chi connectivity index (χ2v) is 8.27. The Morgan fingerprint density at radius 2 is 1.58 bits per heavy atom. The summed E-state index contributed by atoms with van der Waals surface area (Å²) in [5.74, 6) is 2.01. The highest BCUT2D eigenvalue weighted by atomic mass is 16.5. The van der Waals surface area contributed by atoms with Gasteiger partial charge in [0.2, 0.25) is 0 Å². The van der Waals surface area contributed by atoms with E-state index in [-0.39, 0.29) is 0 Å². The van der Waals surface area contributed by atoms with Crippen LogP contribution in [0.3, 0.4) is 0 Å². The van der Waals surface area contributed by atoms with Gasteiger partial charge in [-0.1, -0.05) is 12.1 Å². The minimum absolute atomic E-state index is 0.433. The first-order chi connectivity index (χ1) is 17.6. The third-order valence-corrected chi connectivity index (χ3v) is 6.01. The van der Waals surface area contributed by atoms with Crippen LogP contribution in [-0.2, 0) is 9.47 Å². The molecule has 0 bridgehead atoms. The number of fused-ring (bicyclic) bond motifs is 1. The molecule has 0 aliphatic rings. The molecule has 2 N–H and O–H groups in total. The molecule has 0 atom stereocenters. The van der Waals surface area contributed by atoms with Gasteiger partial charge in [0, 0.05) is 51.3 Å². The van der Waals surface area contributed by atoms with E-state index in [1.54, 1.807) is 21.3 Å². The molecule has 36 heavy (non-hydrogen) atoms. The van der Waals surface area contributed by atoms with E-state index in [9.17, 15) is 0 Å². The summed E-state index contributed by atoms with van der Waals surface area (Å²) in [7, 11) is 5.07. The topological polar surface area (TPSA) is 96.9 Å². The standard InChI is InChI=1S/C27H33N5O4/c1-33-14-11-31(12-15-34-2)13-16-36-22-9-7-21(8-10-22)32-18-24(20-5-4-6-23(17-20)35-3)25-26(28)29-19-30-27(25)32/h4-10,17-19H,11-16H2,1-3H3,(H2,28,29,30). The van der Waals surface area contributed by atoms with E-state index in [4.69, 9.17) is 24.7 Å². The fourth-order valence-corrected chi connectivity index (χ4v) is 4.06. The quantitative estimate of drug-likeness (QED) is 0.303. The highest BCUT2D eigenvalue weighted by Gasteiger charge is 2.16. The van der Waals surface area contributed by atoms with Crippen molar-refractivity contribution < 1.29 is 18.9 Å². The second-order valence-electron chi connectivity index (χ2n) is 8.27. The van der Waals surface area contributed by atoms with Crippen molar-refractivity contribution in [1.82, 2.24) is 19.4 Å². The van der Waals surface area contributed by atoms with Crippen LogP contribution in [-0.4, -0.2) is 80.2 Å². The van der Waals surface area contributed by atoms with Crippen molar-refractivity contribution in [3.63, 3.8) is 0 Å². The number of rotatable bonds is 13. The summed E-state index contributed by atoms with van der Waals surface area (Å²) in [4.78, 5) is 11.0. The number of nitrogen functional groups attached to an aromatic ring is 1. The Hall–Kier alpha value is -3.66. The first kappa shape index (κ1) is 25.4. The maximum atomic E-state index is 6.29. The number of benzene rings is 2. The van der Waals surface area contributed by atoms with Crippen LogP contribution in [0.5, 0.6) is 11.5 Å². The lowest BCUT2D eigenvalue weighted by Crippen LogP contribution is -2.34. The maximum Gasteiger partial charge on any atom is 0.150 e. The number of ether oxygens (including phenoxy) is 4. The van der Waals surface area contributed by atoms with Crippen molar-refractivity contribution in [2.45, 2.75) is 0 Å². The molecule has 0 saturated heterocycles. The fraction of sp³-hybridized carbons (Fsp3) is 0.333. The lowest BCUT2D eigenvalue weighted by molar-refractivity contribution is 0.104. The SMILES string of the molecule is COCCN(CCOC)CCOc1ccc(-n2cc(-c3cccc(OC)c3)c3c(N)ncnc32)cc1. The van der Waals surface area contributed by atoms with Crippen LogP contribution in [0, 0.1) is 0 Å². The molecule has 9 heteroatoms. The Labute approximate surface area is 211 Å². The maximum absolute atomic E-state index is 6.29. The van der Waals surface area contributed by atoms with E-state index in [1.165, 1.54) is 6.33 Å². The van der Waals surface area contributed by atoms with Crippen LogP contribution in [0.2, 0.25) is 0 Å². The second kappa shape index (κ2) is 12.3. The smallest absolute Gasteiger partial charge is 0.150 e. The third-order valence-electron chi connectivity index (χ3n) is 6.01. The minimum atomic E-state index is 0.433. The Morgan fingerprint density at radius 1 is 0.861 bits per heavy atom. The van der Waals surface area contributed by atoms with Gasteiger partial charge in [-0.3, -0.25) is 4.90 Å². The first-order valence-electron chi connectivity index (χ1n) is 11.8. The number of hydrogen-bond acceptors (Lipinski definition) is 8. The summed E-state index contributed by atoms with van der Waals surface area (Å²) in [6, 6.07) is 15.8. The predicted molar refractivity (Wildman–Crippen MR) is 141 cm³/mol. The first-order valence-corrected chi connectivity index (χ1v) is 11.8. The summed E-state index contributed by atoms with van der Waals surface area (Å²) < 4.78 is 23.8. The van der Waals surface area contributed by atoms with Crippen molar-refractivity contribution in [1.29, 1.82) is 0 Å². The van der Waals surface area contributed by atoms with E-state index in [1.807, 2.05) is 59.3 Å². The molecule has 0 unspecified atom stereocenters. The largest absolute Gasteiger partial charge is 0.497 e. The Bertz CT molecular complexity index is 1250. The van der Waals surface area contributed by atoms with Gasteiger partial charge in [-0.05, 0) is 42.0 Å². The highest BCUT2D eigenvalue weighted by Crippen LogP contribution is 2.35. The minimum Gasteiger partial charge on any atom is -0.497 e. The zero-order chi connectivity index (χ0) is 25.3. The van der Waals surface area contributed by atoms with Crippen LogP contribution >= 0.6 is 0 Å². The number of hydrogen-bond donors (Lipinski definition) is 1. The monoisotopic (exact) mass is 491 g/mol. The highest BCUT2D eigenvalue weighted by molar-refractivity contribution is 6.01. The number of nitrogens with two attached hydrogens (primary N) is 1. The zero-order valence-corrected chi connectivity index (χ0v) is 21.0. The third kappa shape index (κ3) is 5.93. The van der Waals surface area contributed by atoms with E-state index in [0.29, 0.717) is 25.6 Å². The average Bonchev–Trinajstić information content (AvgIpc) is 3.31. The van der Waals surface area contributed by atoms with E-state index >= 15 is 0 Å². The van der Waals surface area contributed by atoms with Crippen LogP contribution in [0.1, 0.15) is 0 Å². The molecule has 2 heterocycles. The van der Waals surface area contributed by atoms with Gasteiger partial charge in [0.05, 0.1) is 25.7 Å². The molecule has 0 spiro atoms. The molecule has 0 radical (unpaired) electrons. The normalized spacial score (nSPS) is 11.3. The molecule has 0 fully saturated rings. The molecule has 0 saturated carbocycles. The molecule has 4 aromatic rings. The molecule has 2 aromatic carbocycles. The Kier molecular flexibility index (Phi) is 8.72. The lowest BCUT2D eigenvalue weighted by Gasteiger charge is -2.21. The van der Waals surface area contributed by atoms with Gasteiger partial charge in [0.15, 0.2) is 5.65 Å². The van der Waals surface area contributed by atoms with Crippen molar-refractivity contribution in [3.8, 4) is 28.3 Å². The summed E-state index contributed by atoms with van der Waals surface area (Å²) in [6.07, 6.45) is 3.52. The molecule has 2 aromatic heterocycles. The number of anilines is 1. The molecular weight excluding hydrogens is 458 g/mol. The number of nitrogens with zero attached hydrogens (tertiary/aromatic N) is 4. The summed E-state index contributed by atoms with van der Waals surface area (Å²) in [5.41, 5.74) is 9.89. The lowest BCUT2D eigenvalue weighted by atomic mass is 10.1. The van der Waals surface area contributed by atoms with E-state index in [2.05, 4.69) is 14.9 Å². The van der Waals surface area contributed by atoms with Gasteiger partial charge in [-0.25, -0.2) is 9.97 Å². The summed E-state index contributed by atoms with van der Waals surface area (Å²) in [6.45, 7) is 4.39. The van der Waals surface area contributed by atoms with Crippen LogP contribution in [0.4, 0.5) is 5.82 Å². The van der Waals surface area contributed by atoms with Gasteiger partial charge >= 0.3 is 0 Å². The zero-order valence-electron chi connectivity index (χ0n) is 21.0. The number of methoxy groups -OCH3 is 3. The summed E-state index contributed by atoms with van der Waals surface area (Å²) in [5, 5.41) is 0.804. The molecule has 190 valence electrons. The molecular formula is C27H33N5O4. The van der Waals surface area contributed by atoms with Gasteiger partial charge in [0.25, 0.3) is 0 Å².